The van der Waals surface area contributed by atoms with E-state index in [1.54, 1.807) is 13.0 Å². The van der Waals surface area contributed by atoms with E-state index >= 15 is 0 Å². The Balaban J connectivity index is 2.86. The monoisotopic (exact) mass is 301 g/mol. The van der Waals surface area contributed by atoms with Gasteiger partial charge in [-0.05, 0) is 24.6 Å². The summed E-state index contributed by atoms with van der Waals surface area (Å²) >= 11 is 0. The first-order valence-corrected chi connectivity index (χ1v) is 7.29. The average molecular weight is 301 g/mol. The van der Waals surface area contributed by atoms with Crippen molar-refractivity contribution < 1.29 is 27.9 Å². The summed E-state index contributed by atoms with van der Waals surface area (Å²) in [6, 6.07) is 5.69. The van der Waals surface area contributed by atoms with Crippen LogP contribution in [0.3, 0.4) is 0 Å². The van der Waals surface area contributed by atoms with Gasteiger partial charge >= 0.3 is 11.9 Å². The second-order valence-electron chi connectivity index (χ2n) is 3.85. The van der Waals surface area contributed by atoms with E-state index in [9.17, 15) is 18.0 Å². The Hall–Kier alpha value is -1.93. The Kier molecular flexibility index (Phi) is 5.66. The number of hydrogen-bond acceptors (Lipinski definition) is 5. The molecule has 0 saturated carbocycles. The molecule has 0 saturated heterocycles. The average Bonchev–Trinajstić information content (AvgIpc) is 2.37. The molecular weight excluding hydrogens is 286 g/mol. The Morgan fingerprint density at radius 2 is 2.05 bits per heavy atom. The summed E-state index contributed by atoms with van der Waals surface area (Å²) in [7, 11) is -3.91. The van der Waals surface area contributed by atoms with Crippen LogP contribution in [0.25, 0.3) is 0 Å². The van der Waals surface area contributed by atoms with Crippen LogP contribution in [-0.2, 0) is 30.8 Å². The van der Waals surface area contributed by atoms with Crippen LogP contribution in [-0.4, -0.2) is 38.6 Å². The third kappa shape index (κ3) is 4.98. The molecule has 0 fully saturated rings. The minimum atomic E-state index is -3.91. The zero-order valence-corrected chi connectivity index (χ0v) is 11.6. The number of hydrogen-bond donors (Lipinski definition) is 2. The second kappa shape index (κ2) is 7.01. The molecule has 2 N–H and O–H groups in total. The van der Waals surface area contributed by atoms with E-state index in [1.807, 2.05) is 4.72 Å². The molecule has 0 aliphatic carbocycles. The second-order valence-corrected chi connectivity index (χ2v) is 5.61. The molecule has 1 aromatic carbocycles. The smallest absolute Gasteiger partial charge is 0.318 e. The van der Waals surface area contributed by atoms with E-state index in [1.165, 1.54) is 18.2 Å². The molecule has 7 nitrogen and oxygen atoms in total. The van der Waals surface area contributed by atoms with Crippen molar-refractivity contribution in [2.75, 3.05) is 13.2 Å². The molecule has 20 heavy (non-hydrogen) atoms. The number of aliphatic carboxylic acids is 1. The van der Waals surface area contributed by atoms with E-state index in [0.29, 0.717) is 5.56 Å². The van der Waals surface area contributed by atoms with Crippen molar-refractivity contribution in [2.45, 2.75) is 18.2 Å². The summed E-state index contributed by atoms with van der Waals surface area (Å²) in [6.45, 7) is 1.22. The lowest BCUT2D eigenvalue weighted by Gasteiger charge is -2.07. The van der Waals surface area contributed by atoms with Crippen molar-refractivity contribution in [3.8, 4) is 0 Å². The molecule has 0 radical (unpaired) electrons. The number of carbonyl (C=O) groups is 2. The van der Waals surface area contributed by atoms with E-state index < -0.39 is 28.5 Å². The van der Waals surface area contributed by atoms with Crippen LogP contribution in [0.1, 0.15) is 12.5 Å². The summed E-state index contributed by atoms with van der Waals surface area (Å²) in [4.78, 5) is 21.6. The lowest BCUT2D eigenvalue weighted by atomic mass is 10.1. The van der Waals surface area contributed by atoms with E-state index in [-0.39, 0.29) is 17.9 Å². The zero-order chi connectivity index (χ0) is 15.2. The van der Waals surface area contributed by atoms with Crippen molar-refractivity contribution in [3.63, 3.8) is 0 Å². The number of rotatable bonds is 7. The molecule has 0 aromatic heterocycles. The predicted molar refractivity (Wildman–Crippen MR) is 69.6 cm³/mol. The number of carboxylic acids is 1. The SMILES string of the molecule is CCOC(=O)Cc1cccc(S(=O)(=O)NCC(=O)O)c1. The fourth-order valence-electron chi connectivity index (χ4n) is 1.44. The zero-order valence-electron chi connectivity index (χ0n) is 10.8. The quantitative estimate of drug-likeness (QED) is 0.694. The van der Waals surface area contributed by atoms with Gasteiger partial charge in [0.2, 0.25) is 10.0 Å². The summed E-state index contributed by atoms with van der Waals surface area (Å²) < 4.78 is 30.3. The first-order chi connectivity index (χ1) is 9.35. The first kappa shape index (κ1) is 16.1. The van der Waals surface area contributed by atoms with Gasteiger partial charge < -0.3 is 9.84 Å². The highest BCUT2D eigenvalue weighted by atomic mass is 32.2. The molecule has 0 atom stereocenters. The van der Waals surface area contributed by atoms with Crippen molar-refractivity contribution in [3.05, 3.63) is 29.8 Å². The van der Waals surface area contributed by atoms with Crippen LogP contribution in [0.15, 0.2) is 29.2 Å². The van der Waals surface area contributed by atoms with Crippen LogP contribution in [0, 0.1) is 0 Å². The number of ether oxygens (including phenoxy) is 1. The fourth-order valence-corrected chi connectivity index (χ4v) is 2.49. The molecular formula is C12H15NO6S. The van der Waals surface area contributed by atoms with Crippen LogP contribution < -0.4 is 4.72 Å². The summed E-state index contributed by atoms with van der Waals surface area (Å²) in [5.74, 6) is -1.74. The maximum absolute atomic E-state index is 11.8. The Bertz CT molecular complexity index is 596. The van der Waals surface area contributed by atoms with Crippen molar-refractivity contribution >= 4 is 22.0 Å². The molecule has 1 aromatic rings. The molecule has 0 heterocycles. The minimum absolute atomic E-state index is 0.0455. The normalized spacial score (nSPS) is 11.1. The maximum Gasteiger partial charge on any atom is 0.318 e. The van der Waals surface area contributed by atoms with E-state index in [0.717, 1.165) is 0 Å². The summed E-state index contributed by atoms with van der Waals surface area (Å²) in [6.07, 6.45) is -0.0455. The third-order valence-electron chi connectivity index (χ3n) is 2.28. The van der Waals surface area contributed by atoms with Crippen molar-refractivity contribution in [1.82, 2.24) is 4.72 Å². The van der Waals surface area contributed by atoms with Gasteiger partial charge in [0.05, 0.1) is 17.9 Å². The Labute approximate surface area is 116 Å². The molecule has 0 bridgehead atoms. The number of benzene rings is 1. The van der Waals surface area contributed by atoms with Gasteiger partial charge in [0, 0.05) is 0 Å². The van der Waals surface area contributed by atoms with Crippen LogP contribution in [0.5, 0.6) is 0 Å². The largest absolute Gasteiger partial charge is 0.480 e. The van der Waals surface area contributed by atoms with Gasteiger partial charge in [-0.3, -0.25) is 9.59 Å². The van der Waals surface area contributed by atoms with Crippen molar-refractivity contribution in [2.24, 2.45) is 0 Å². The molecule has 0 aliphatic heterocycles. The van der Waals surface area contributed by atoms with Gasteiger partial charge in [0.15, 0.2) is 0 Å². The van der Waals surface area contributed by atoms with Gasteiger partial charge in [-0.1, -0.05) is 12.1 Å². The lowest BCUT2D eigenvalue weighted by Crippen LogP contribution is -2.29. The van der Waals surface area contributed by atoms with Crippen LogP contribution in [0.4, 0.5) is 0 Å². The standard InChI is InChI=1S/C12H15NO6S/c1-2-19-12(16)7-9-4-3-5-10(6-9)20(17,18)13-8-11(14)15/h3-6,13H,2,7-8H2,1H3,(H,14,15). The summed E-state index contributed by atoms with van der Waals surface area (Å²) in [5, 5.41) is 8.47. The van der Waals surface area contributed by atoms with Crippen LogP contribution in [0.2, 0.25) is 0 Å². The molecule has 1 rings (SSSR count). The van der Waals surface area contributed by atoms with Gasteiger partial charge in [-0.15, -0.1) is 0 Å². The Morgan fingerprint density at radius 1 is 1.35 bits per heavy atom. The van der Waals surface area contributed by atoms with Gasteiger partial charge in [0.1, 0.15) is 6.54 Å². The highest BCUT2D eigenvalue weighted by molar-refractivity contribution is 7.89. The molecule has 0 aliphatic rings. The van der Waals surface area contributed by atoms with Crippen LogP contribution >= 0.6 is 0 Å². The number of esters is 1. The molecule has 0 unspecified atom stereocenters. The highest BCUT2D eigenvalue weighted by Crippen LogP contribution is 2.12. The molecule has 110 valence electrons. The summed E-state index contributed by atoms with van der Waals surface area (Å²) in [5.41, 5.74) is 0.474. The topological polar surface area (TPSA) is 110 Å². The van der Waals surface area contributed by atoms with E-state index in [4.69, 9.17) is 9.84 Å². The fraction of sp³-hybridized carbons (Fsp3) is 0.333. The number of nitrogens with one attached hydrogen (secondary N) is 1. The highest BCUT2D eigenvalue weighted by Gasteiger charge is 2.16. The predicted octanol–water partition coefficient (Wildman–Crippen LogP) is 0.155. The number of carboxylic acid groups (broad SMARTS) is 1. The number of carbonyl (C=O) groups excluding carboxylic acids is 1. The third-order valence-corrected chi connectivity index (χ3v) is 3.67. The first-order valence-electron chi connectivity index (χ1n) is 5.81. The maximum atomic E-state index is 11.8. The molecule has 0 amide bonds. The van der Waals surface area contributed by atoms with Gasteiger partial charge in [-0.25, -0.2) is 8.42 Å². The van der Waals surface area contributed by atoms with Gasteiger partial charge in [-0.2, -0.15) is 4.72 Å². The minimum Gasteiger partial charge on any atom is -0.480 e. The van der Waals surface area contributed by atoms with E-state index in [2.05, 4.69) is 0 Å². The van der Waals surface area contributed by atoms with Crippen molar-refractivity contribution in [1.29, 1.82) is 0 Å². The Morgan fingerprint density at radius 3 is 2.65 bits per heavy atom. The lowest BCUT2D eigenvalue weighted by molar-refractivity contribution is -0.142. The molecule has 8 heteroatoms. The van der Waals surface area contributed by atoms with Gasteiger partial charge in [0.25, 0.3) is 0 Å². The molecule has 0 spiro atoms. The number of sulfonamides is 1.